The van der Waals surface area contributed by atoms with E-state index in [4.69, 9.17) is 9.26 Å². The molecule has 1 saturated carbocycles. The molecule has 2 heterocycles. The molecule has 2 aromatic rings. The van der Waals surface area contributed by atoms with Gasteiger partial charge < -0.3 is 14.2 Å². The van der Waals surface area contributed by atoms with Gasteiger partial charge >= 0.3 is 0 Å². The van der Waals surface area contributed by atoms with E-state index in [0.717, 1.165) is 30.2 Å². The quantitative estimate of drug-likeness (QED) is 0.818. The highest BCUT2D eigenvalue weighted by atomic mass is 16.5. The Labute approximate surface area is 152 Å². The molecule has 1 saturated heterocycles. The monoisotopic (exact) mass is 356 g/mol. The fraction of sp³-hybridized carbons (Fsp3) is 0.526. The predicted octanol–water partition coefficient (Wildman–Crippen LogP) is 2.22. The van der Waals surface area contributed by atoms with Gasteiger partial charge in [-0.1, -0.05) is 11.2 Å². The van der Waals surface area contributed by atoms with Gasteiger partial charge in [0, 0.05) is 37.7 Å². The van der Waals surface area contributed by atoms with E-state index in [1.807, 2.05) is 30.0 Å². The zero-order valence-electron chi connectivity index (χ0n) is 15.3. The lowest BCUT2D eigenvalue weighted by Crippen LogP contribution is -2.48. The third-order valence-corrected chi connectivity index (χ3v) is 5.10. The number of rotatable bonds is 5. The van der Waals surface area contributed by atoms with Gasteiger partial charge in [0.25, 0.3) is 5.91 Å². The topological polar surface area (TPSA) is 71.7 Å². The summed E-state index contributed by atoms with van der Waals surface area (Å²) in [6.07, 6.45) is 2.34. The summed E-state index contributed by atoms with van der Waals surface area (Å²) in [5.74, 6) is 2.83. The first-order chi connectivity index (χ1) is 12.6. The Morgan fingerprint density at radius 3 is 2.73 bits per heavy atom. The second-order valence-corrected chi connectivity index (χ2v) is 7.07. The summed E-state index contributed by atoms with van der Waals surface area (Å²) in [7, 11) is 1.63. The first-order valence-electron chi connectivity index (χ1n) is 9.13. The maximum absolute atomic E-state index is 12.7. The minimum absolute atomic E-state index is 0.0526. The standard InChI is InChI=1S/C19H24N4O3/c1-13-3-4-15(11-16(13)25-2)19(24)23-9-7-22(8-10-23)12-17-20-18(21-26-17)14-5-6-14/h3-4,11,14H,5-10,12H2,1-2H3. The van der Waals surface area contributed by atoms with Crippen molar-refractivity contribution in [1.82, 2.24) is 19.9 Å². The second kappa shape index (κ2) is 7.07. The van der Waals surface area contributed by atoms with Crippen LogP contribution in [0.4, 0.5) is 0 Å². The van der Waals surface area contributed by atoms with Crippen molar-refractivity contribution in [2.24, 2.45) is 0 Å². The van der Waals surface area contributed by atoms with Gasteiger partial charge in [0.05, 0.1) is 13.7 Å². The number of aromatic nitrogens is 2. The van der Waals surface area contributed by atoms with Crippen LogP contribution in [0.25, 0.3) is 0 Å². The molecule has 2 fully saturated rings. The molecular formula is C19H24N4O3. The van der Waals surface area contributed by atoms with Crippen molar-refractivity contribution >= 4 is 5.91 Å². The smallest absolute Gasteiger partial charge is 0.254 e. The number of carbonyl (C=O) groups excluding carboxylic acids is 1. The summed E-state index contributed by atoms with van der Waals surface area (Å²) >= 11 is 0. The van der Waals surface area contributed by atoms with Crippen LogP contribution in [0.2, 0.25) is 0 Å². The Morgan fingerprint density at radius 1 is 1.27 bits per heavy atom. The van der Waals surface area contributed by atoms with Gasteiger partial charge in [-0.05, 0) is 37.5 Å². The highest BCUT2D eigenvalue weighted by Gasteiger charge is 2.29. The Kier molecular flexibility index (Phi) is 4.63. The molecular weight excluding hydrogens is 332 g/mol. The third kappa shape index (κ3) is 3.58. The number of amides is 1. The summed E-state index contributed by atoms with van der Waals surface area (Å²) in [5, 5.41) is 4.06. The van der Waals surface area contributed by atoms with Crippen LogP contribution in [0, 0.1) is 6.92 Å². The summed E-state index contributed by atoms with van der Waals surface area (Å²) in [4.78, 5) is 21.4. The van der Waals surface area contributed by atoms with Gasteiger partial charge in [-0.25, -0.2) is 0 Å². The van der Waals surface area contributed by atoms with Crippen molar-refractivity contribution in [2.75, 3.05) is 33.3 Å². The van der Waals surface area contributed by atoms with Crippen molar-refractivity contribution in [2.45, 2.75) is 32.2 Å². The molecule has 26 heavy (non-hydrogen) atoms. The number of ether oxygens (including phenoxy) is 1. The van der Waals surface area contributed by atoms with Crippen LogP contribution in [0.15, 0.2) is 22.7 Å². The van der Waals surface area contributed by atoms with Crippen molar-refractivity contribution < 1.29 is 14.1 Å². The maximum Gasteiger partial charge on any atom is 0.254 e. The van der Waals surface area contributed by atoms with E-state index in [1.165, 1.54) is 12.8 Å². The molecule has 0 N–H and O–H groups in total. The Morgan fingerprint density at radius 2 is 2.04 bits per heavy atom. The van der Waals surface area contributed by atoms with Gasteiger partial charge in [-0.3, -0.25) is 9.69 Å². The number of piperazine rings is 1. The largest absolute Gasteiger partial charge is 0.496 e. The van der Waals surface area contributed by atoms with Gasteiger partial charge in [-0.2, -0.15) is 4.98 Å². The number of methoxy groups -OCH3 is 1. The molecule has 4 rings (SSSR count). The SMILES string of the molecule is COc1cc(C(=O)N2CCN(Cc3nc(C4CC4)no3)CC2)ccc1C. The van der Waals surface area contributed by atoms with Crippen molar-refractivity contribution in [3.63, 3.8) is 0 Å². The predicted molar refractivity (Wildman–Crippen MR) is 95.2 cm³/mol. The van der Waals surface area contributed by atoms with E-state index < -0.39 is 0 Å². The van der Waals surface area contributed by atoms with E-state index in [9.17, 15) is 4.79 Å². The lowest BCUT2D eigenvalue weighted by atomic mass is 10.1. The van der Waals surface area contributed by atoms with Crippen LogP contribution in [-0.2, 0) is 6.54 Å². The number of benzene rings is 1. The number of carbonyl (C=O) groups is 1. The highest BCUT2D eigenvalue weighted by molar-refractivity contribution is 5.94. The molecule has 0 radical (unpaired) electrons. The maximum atomic E-state index is 12.7. The summed E-state index contributed by atoms with van der Waals surface area (Å²) in [6, 6.07) is 5.61. The lowest BCUT2D eigenvalue weighted by molar-refractivity contribution is 0.0614. The zero-order chi connectivity index (χ0) is 18.1. The van der Waals surface area contributed by atoms with Crippen molar-refractivity contribution in [3.8, 4) is 5.75 Å². The molecule has 0 spiro atoms. The Bertz CT molecular complexity index is 792. The molecule has 2 aliphatic rings. The minimum Gasteiger partial charge on any atom is -0.496 e. The van der Waals surface area contributed by atoms with Crippen molar-refractivity contribution in [1.29, 1.82) is 0 Å². The minimum atomic E-state index is 0.0526. The average molecular weight is 356 g/mol. The van der Waals surface area contributed by atoms with Gasteiger partial charge in [0.2, 0.25) is 5.89 Å². The van der Waals surface area contributed by atoms with E-state index in [-0.39, 0.29) is 5.91 Å². The average Bonchev–Trinajstić information content (AvgIpc) is 3.42. The van der Waals surface area contributed by atoms with Crippen LogP contribution < -0.4 is 4.74 Å². The fourth-order valence-corrected chi connectivity index (χ4v) is 3.28. The molecule has 0 unspecified atom stereocenters. The zero-order valence-corrected chi connectivity index (χ0v) is 15.3. The summed E-state index contributed by atoms with van der Waals surface area (Å²) < 4.78 is 10.7. The van der Waals surface area contributed by atoms with E-state index in [2.05, 4.69) is 15.0 Å². The number of aryl methyl sites for hydroxylation is 1. The molecule has 7 heteroatoms. The van der Waals surface area contributed by atoms with E-state index in [1.54, 1.807) is 7.11 Å². The third-order valence-electron chi connectivity index (χ3n) is 5.10. The lowest BCUT2D eigenvalue weighted by Gasteiger charge is -2.34. The van der Waals surface area contributed by atoms with Crippen molar-refractivity contribution in [3.05, 3.63) is 41.0 Å². The van der Waals surface area contributed by atoms with Crippen LogP contribution in [-0.4, -0.2) is 59.1 Å². The van der Waals surface area contributed by atoms with Crippen LogP contribution >= 0.6 is 0 Å². The Hall–Kier alpha value is -2.41. The van der Waals surface area contributed by atoms with Gasteiger partial charge in [0.1, 0.15) is 5.75 Å². The molecule has 1 amide bonds. The number of nitrogens with zero attached hydrogens (tertiary/aromatic N) is 4. The fourth-order valence-electron chi connectivity index (χ4n) is 3.28. The first kappa shape index (κ1) is 17.0. The molecule has 1 aromatic carbocycles. The van der Waals surface area contributed by atoms with Crippen LogP contribution in [0.5, 0.6) is 5.75 Å². The molecule has 0 bridgehead atoms. The number of hydrogen-bond donors (Lipinski definition) is 0. The van der Waals surface area contributed by atoms with E-state index >= 15 is 0 Å². The molecule has 1 aromatic heterocycles. The normalized spacial score (nSPS) is 18.2. The van der Waals surface area contributed by atoms with Crippen LogP contribution in [0.3, 0.4) is 0 Å². The molecule has 0 atom stereocenters. The molecule has 138 valence electrons. The molecule has 7 nitrogen and oxygen atoms in total. The Balaban J connectivity index is 1.33. The highest BCUT2D eigenvalue weighted by Crippen LogP contribution is 2.38. The summed E-state index contributed by atoms with van der Waals surface area (Å²) in [5.41, 5.74) is 1.70. The molecule has 1 aliphatic heterocycles. The van der Waals surface area contributed by atoms with Crippen LogP contribution in [0.1, 0.15) is 46.4 Å². The van der Waals surface area contributed by atoms with Gasteiger partial charge in [0.15, 0.2) is 5.82 Å². The molecule has 1 aliphatic carbocycles. The first-order valence-corrected chi connectivity index (χ1v) is 9.13. The number of hydrogen-bond acceptors (Lipinski definition) is 6. The van der Waals surface area contributed by atoms with Gasteiger partial charge in [-0.15, -0.1) is 0 Å². The summed E-state index contributed by atoms with van der Waals surface area (Å²) in [6.45, 7) is 5.61. The van der Waals surface area contributed by atoms with E-state index in [0.29, 0.717) is 37.0 Å². The second-order valence-electron chi connectivity index (χ2n) is 7.07.